The Labute approximate surface area is 98.9 Å². The van der Waals surface area contributed by atoms with E-state index in [1.165, 1.54) is 4.90 Å². The predicted octanol–water partition coefficient (Wildman–Crippen LogP) is 0.201. The molecule has 0 fully saturated rings. The number of hydrogen-bond donors (Lipinski definition) is 1. The maximum atomic E-state index is 11.5. The summed E-state index contributed by atoms with van der Waals surface area (Å²) >= 11 is 0. The number of rotatable bonds is 2. The predicted molar refractivity (Wildman–Crippen MR) is 62.0 cm³/mol. The molecule has 1 aliphatic rings. The standard InChI is InChI=1S/C10H15N5O2/c1-5-6(9(17-4)15(3)13-5)7-8(11)12-10(16)14(7)2/h7H,1-4H3,(H2,11,12,16). The molecule has 1 aromatic rings. The summed E-state index contributed by atoms with van der Waals surface area (Å²) in [4.78, 5) is 16.7. The minimum absolute atomic E-state index is 0.270. The van der Waals surface area contributed by atoms with E-state index in [0.717, 1.165) is 11.3 Å². The van der Waals surface area contributed by atoms with Gasteiger partial charge in [-0.15, -0.1) is 0 Å². The van der Waals surface area contributed by atoms with Crippen molar-refractivity contribution >= 4 is 11.9 Å². The van der Waals surface area contributed by atoms with Crippen LogP contribution in [0.4, 0.5) is 4.79 Å². The molecule has 92 valence electrons. The molecule has 2 N–H and O–H groups in total. The number of aromatic nitrogens is 2. The number of aliphatic imine (C=N–C) groups is 1. The van der Waals surface area contributed by atoms with Crippen LogP contribution >= 0.6 is 0 Å². The number of aryl methyl sites for hydroxylation is 2. The Morgan fingerprint density at radius 2 is 2.06 bits per heavy atom. The Balaban J connectivity index is 2.55. The van der Waals surface area contributed by atoms with Gasteiger partial charge >= 0.3 is 6.03 Å². The van der Waals surface area contributed by atoms with Crippen LogP contribution in [0.2, 0.25) is 0 Å². The lowest BCUT2D eigenvalue weighted by Gasteiger charge is -2.20. The Hall–Kier alpha value is -2.05. The third-order valence-corrected chi connectivity index (χ3v) is 2.87. The second-order valence-corrected chi connectivity index (χ2v) is 3.96. The van der Waals surface area contributed by atoms with Gasteiger partial charge in [-0.3, -0.25) is 0 Å². The molecule has 0 aromatic carbocycles. The average molecular weight is 237 g/mol. The van der Waals surface area contributed by atoms with Gasteiger partial charge in [0, 0.05) is 14.1 Å². The van der Waals surface area contributed by atoms with Gasteiger partial charge < -0.3 is 15.4 Å². The maximum Gasteiger partial charge on any atom is 0.345 e. The minimum atomic E-state index is -0.397. The monoisotopic (exact) mass is 237 g/mol. The van der Waals surface area contributed by atoms with Crippen molar-refractivity contribution in [3.8, 4) is 5.88 Å². The Morgan fingerprint density at radius 1 is 1.41 bits per heavy atom. The number of hydrogen-bond acceptors (Lipinski definition) is 4. The highest BCUT2D eigenvalue weighted by atomic mass is 16.5. The van der Waals surface area contributed by atoms with E-state index in [1.807, 2.05) is 6.92 Å². The zero-order valence-electron chi connectivity index (χ0n) is 10.3. The number of carbonyl (C=O) groups is 1. The number of methoxy groups -OCH3 is 1. The van der Waals surface area contributed by atoms with Crippen molar-refractivity contribution in [1.82, 2.24) is 14.7 Å². The van der Waals surface area contributed by atoms with Crippen molar-refractivity contribution in [3.05, 3.63) is 11.3 Å². The molecular weight excluding hydrogens is 222 g/mol. The fraction of sp³-hybridized carbons (Fsp3) is 0.500. The summed E-state index contributed by atoms with van der Waals surface area (Å²) < 4.78 is 6.91. The maximum absolute atomic E-state index is 11.5. The molecule has 1 atom stereocenters. The number of amidine groups is 1. The fourth-order valence-corrected chi connectivity index (χ4v) is 2.11. The fourth-order valence-electron chi connectivity index (χ4n) is 2.11. The summed E-state index contributed by atoms with van der Waals surface area (Å²) in [6.07, 6.45) is 0. The van der Waals surface area contributed by atoms with Gasteiger partial charge in [0.2, 0.25) is 5.88 Å². The molecule has 2 rings (SSSR count). The molecule has 1 aliphatic heterocycles. The van der Waals surface area contributed by atoms with E-state index in [1.54, 1.807) is 25.9 Å². The second kappa shape index (κ2) is 3.76. The van der Waals surface area contributed by atoms with E-state index in [0.29, 0.717) is 5.88 Å². The van der Waals surface area contributed by atoms with Crippen molar-refractivity contribution in [3.63, 3.8) is 0 Å². The smallest absolute Gasteiger partial charge is 0.345 e. The number of carbonyl (C=O) groups excluding carboxylic acids is 1. The first-order chi connectivity index (χ1) is 7.97. The SMILES string of the molecule is COc1c(C2C(N)=NC(=O)N2C)c(C)nn1C. The van der Waals surface area contributed by atoms with Crippen molar-refractivity contribution in [2.45, 2.75) is 13.0 Å². The number of nitrogens with two attached hydrogens (primary N) is 1. The van der Waals surface area contributed by atoms with E-state index in [9.17, 15) is 4.79 Å². The highest BCUT2D eigenvalue weighted by Crippen LogP contribution is 2.34. The largest absolute Gasteiger partial charge is 0.481 e. The number of nitrogens with zero attached hydrogens (tertiary/aromatic N) is 4. The molecule has 1 unspecified atom stereocenters. The van der Waals surface area contributed by atoms with Gasteiger partial charge in [0.15, 0.2) is 0 Å². The van der Waals surface area contributed by atoms with Crippen LogP contribution in [-0.2, 0) is 7.05 Å². The van der Waals surface area contributed by atoms with Gasteiger partial charge in [-0.2, -0.15) is 10.1 Å². The summed E-state index contributed by atoms with van der Waals surface area (Å²) in [6.45, 7) is 1.85. The Kier molecular flexibility index (Phi) is 2.53. The second-order valence-electron chi connectivity index (χ2n) is 3.96. The quantitative estimate of drug-likeness (QED) is 0.796. The zero-order chi connectivity index (χ0) is 12.7. The average Bonchev–Trinajstić information content (AvgIpc) is 2.65. The first kappa shape index (κ1) is 11.4. The van der Waals surface area contributed by atoms with Crippen LogP contribution in [0.1, 0.15) is 17.3 Å². The topological polar surface area (TPSA) is 85.7 Å². The first-order valence-electron chi connectivity index (χ1n) is 5.15. The van der Waals surface area contributed by atoms with Gasteiger partial charge in [-0.1, -0.05) is 0 Å². The molecule has 0 aliphatic carbocycles. The van der Waals surface area contributed by atoms with Crippen LogP contribution in [0, 0.1) is 6.92 Å². The molecule has 17 heavy (non-hydrogen) atoms. The van der Waals surface area contributed by atoms with Gasteiger partial charge in [0.05, 0.1) is 18.4 Å². The molecular formula is C10H15N5O2. The van der Waals surface area contributed by atoms with E-state index in [4.69, 9.17) is 10.5 Å². The lowest BCUT2D eigenvalue weighted by Crippen LogP contribution is -2.30. The van der Waals surface area contributed by atoms with Crippen LogP contribution in [0.3, 0.4) is 0 Å². The van der Waals surface area contributed by atoms with Crippen LogP contribution in [0.15, 0.2) is 4.99 Å². The summed E-state index contributed by atoms with van der Waals surface area (Å²) in [7, 11) is 4.99. The van der Waals surface area contributed by atoms with Crippen molar-refractivity contribution < 1.29 is 9.53 Å². The number of ether oxygens (including phenoxy) is 1. The van der Waals surface area contributed by atoms with E-state index in [-0.39, 0.29) is 11.9 Å². The van der Waals surface area contributed by atoms with Crippen molar-refractivity contribution in [2.24, 2.45) is 17.8 Å². The molecule has 0 saturated carbocycles. The summed E-state index contributed by atoms with van der Waals surface area (Å²) in [6, 6.07) is -0.746. The van der Waals surface area contributed by atoms with Gasteiger partial charge in [-0.25, -0.2) is 9.48 Å². The number of likely N-dealkylation sites (N-methyl/N-ethyl adjacent to an activating group) is 1. The Bertz CT molecular complexity index is 505. The summed E-state index contributed by atoms with van der Waals surface area (Å²) in [5, 5.41) is 4.26. The molecule has 7 nitrogen and oxygen atoms in total. The first-order valence-corrected chi connectivity index (χ1v) is 5.15. The molecule has 0 bridgehead atoms. The highest BCUT2D eigenvalue weighted by molar-refractivity contribution is 6.03. The zero-order valence-corrected chi connectivity index (χ0v) is 10.3. The van der Waals surface area contributed by atoms with Gasteiger partial charge in [0.1, 0.15) is 11.9 Å². The third-order valence-electron chi connectivity index (χ3n) is 2.87. The number of urea groups is 1. The van der Waals surface area contributed by atoms with Gasteiger partial charge in [0.25, 0.3) is 0 Å². The van der Waals surface area contributed by atoms with Crippen LogP contribution in [0.25, 0.3) is 0 Å². The molecule has 2 heterocycles. The molecule has 0 spiro atoms. The molecule has 2 amide bonds. The number of amides is 2. The molecule has 0 radical (unpaired) electrons. The lowest BCUT2D eigenvalue weighted by molar-refractivity contribution is 0.218. The minimum Gasteiger partial charge on any atom is -0.481 e. The molecule has 0 saturated heterocycles. The summed E-state index contributed by atoms with van der Waals surface area (Å²) in [5.41, 5.74) is 7.34. The normalized spacial score (nSPS) is 19.8. The lowest BCUT2D eigenvalue weighted by atomic mass is 10.1. The van der Waals surface area contributed by atoms with Crippen LogP contribution < -0.4 is 10.5 Å². The van der Waals surface area contributed by atoms with E-state index in [2.05, 4.69) is 10.1 Å². The molecule has 1 aromatic heterocycles. The van der Waals surface area contributed by atoms with E-state index < -0.39 is 6.04 Å². The molecule has 7 heteroatoms. The van der Waals surface area contributed by atoms with Gasteiger partial charge in [-0.05, 0) is 6.92 Å². The third kappa shape index (κ3) is 1.54. The highest BCUT2D eigenvalue weighted by Gasteiger charge is 2.36. The van der Waals surface area contributed by atoms with E-state index >= 15 is 0 Å². The van der Waals surface area contributed by atoms with Crippen LogP contribution in [-0.4, -0.2) is 40.7 Å². The van der Waals surface area contributed by atoms with Crippen molar-refractivity contribution in [2.75, 3.05) is 14.2 Å². The summed E-state index contributed by atoms with van der Waals surface area (Å²) in [5.74, 6) is 0.860. The van der Waals surface area contributed by atoms with Crippen LogP contribution in [0.5, 0.6) is 5.88 Å². The van der Waals surface area contributed by atoms with Crippen molar-refractivity contribution in [1.29, 1.82) is 0 Å². The Morgan fingerprint density at radius 3 is 2.53 bits per heavy atom.